The zero-order valence-corrected chi connectivity index (χ0v) is 6.99. The standard InChI is InChI=1S/C4H3BrN2OS/c1-2(8)3-4(5)7-9-6-3/h1H3. The van der Waals surface area contributed by atoms with Crippen LogP contribution in [0.1, 0.15) is 17.4 Å². The first kappa shape index (κ1) is 6.82. The highest BCUT2D eigenvalue weighted by atomic mass is 79.9. The highest BCUT2D eigenvalue weighted by Crippen LogP contribution is 2.12. The lowest BCUT2D eigenvalue weighted by atomic mass is 10.3. The highest BCUT2D eigenvalue weighted by Gasteiger charge is 2.07. The Morgan fingerprint density at radius 3 is 2.56 bits per heavy atom. The average Bonchev–Trinajstić information content (AvgIpc) is 2.13. The molecule has 0 fully saturated rings. The summed E-state index contributed by atoms with van der Waals surface area (Å²) in [5.74, 6) is -0.0596. The Morgan fingerprint density at radius 1 is 1.67 bits per heavy atom. The molecule has 0 unspecified atom stereocenters. The highest BCUT2D eigenvalue weighted by molar-refractivity contribution is 9.10. The number of aromatic nitrogens is 2. The summed E-state index contributed by atoms with van der Waals surface area (Å²) >= 11 is 4.11. The molecule has 3 nitrogen and oxygen atoms in total. The SMILES string of the molecule is CC(=O)c1nsnc1Br. The first-order valence-corrected chi connectivity index (χ1v) is 3.73. The third-order valence-electron chi connectivity index (χ3n) is 0.782. The van der Waals surface area contributed by atoms with Crippen LogP contribution in [0.25, 0.3) is 0 Å². The van der Waals surface area contributed by atoms with Crippen molar-refractivity contribution in [2.45, 2.75) is 6.92 Å². The molecule has 0 bridgehead atoms. The lowest BCUT2D eigenvalue weighted by Gasteiger charge is -1.81. The van der Waals surface area contributed by atoms with E-state index in [1.807, 2.05) is 0 Å². The number of Topliss-reactive ketones (excluding diaryl/α,β-unsaturated/α-hetero) is 1. The maximum Gasteiger partial charge on any atom is 0.182 e. The summed E-state index contributed by atoms with van der Waals surface area (Å²) in [6.45, 7) is 1.46. The van der Waals surface area contributed by atoms with Crippen LogP contribution in [0.3, 0.4) is 0 Å². The van der Waals surface area contributed by atoms with E-state index in [0.717, 1.165) is 11.7 Å². The van der Waals surface area contributed by atoms with Gasteiger partial charge in [-0.25, -0.2) is 0 Å². The number of carbonyl (C=O) groups is 1. The van der Waals surface area contributed by atoms with E-state index in [9.17, 15) is 4.79 Å². The molecule has 5 heteroatoms. The minimum atomic E-state index is -0.0596. The molecule has 0 N–H and O–H groups in total. The van der Waals surface area contributed by atoms with Crippen molar-refractivity contribution < 1.29 is 4.79 Å². The third-order valence-corrected chi connectivity index (χ3v) is 2.10. The van der Waals surface area contributed by atoms with Crippen LogP contribution in [-0.2, 0) is 0 Å². The van der Waals surface area contributed by atoms with Crippen molar-refractivity contribution in [1.82, 2.24) is 8.75 Å². The van der Waals surface area contributed by atoms with Gasteiger partial charge in [-0.15, -0.1) is 0 Å². The number of carbonyl (C=O) groups excluding carboxylic acids is 1. The van der Waals surface area contributed by atoms with Gasteiger partial charge in [0.1, 0.15) is 0 Å². The number of hydrogen-bond acceptors (Lipinski definition) is 4. The summed E-state index contributed by atoms with van der Waals surface area (Å²) in [7, 11) is 0. The molecule has 1 aromatic rings. The van der Waals surface area contributed by atoms with Gasteiger partial charge in [-0.3, -0.25) is 4.79 Å². The van der Waals surface area contributed by atoms with Crippen LogP contribution in [0.5, 0.6) is 0 Å². The molecule has 0 aliphatic carbocycles. The molecule has 1 heterocycles. The molecule has 1 aromatic heterocycles. The van der Waals surface area contributed by atoms with E-state index in [1.54, 1.807) is 0 Å². The molecular formula is C4H3BrN2OS. The lowest BCUT2D eigenvalue weighted by Crippen LogP contribution is -1.91. The van der Waals surface area contributed by atoms with E-state index in [-0.39, 0.29) is 5.78 Å². The Bertz CT molecular complexity index is 234. The van der Waals surface area contributed by atoms with Crippen LogP contribution in [-0.4, -0.2) is 14.5 Å². The van der Waals surface area contributed by atoms with Crippen molar-refractivity contribution in [2.75, 3.05) is 0 Å². The van der Waals surface area contributed by atoms with Gasteiger partial charge in [-0.2, -0.15) is 8.75 Å². The van der Waals surface area contributed by atoms with Crippen LogP contribution in [0.2, 0.25) is 0 Å². The minimum Gasteiger partial charge on any atom is -0.293 e. The van der Waals surface area contributed by atoms with Gasteiger partial charge in [0.25, 0.3) is 0 Å². The summed E-state index contributed by atoms with van der Waals surface area (Å²) in [4.78, 5) is 10.6. The molecular weight excluding hydrogens is 204 g/mol. The quantitative estimate of drug-likeness (QED) is 0.655. The van der Waals surface area contributed by atoms with Crippen molar-refractivity contribution in [3.8, 4) is 0 Å². The molecule has 0 aromatic carbocycles. The van der Waals surface area contributed by atoms with E-state index in [0.29, 0.717) is 10.3 Å². The zero-order chi connectivity index (χ0) is 6.85. The Kier molecular flexibility index (Phi) is 1.92. The molecule has 0 spiro atoms. The normalized spacial score (nSPS) is 9.56. The molecule has 1 rings (SSSR count). The molecule has 0 radical (unpaired) electrons. The van der Waals surface area contributed by atoms with E-state index >= 15 is 0 Å². The molecule has 0 atom stereocenters. The van der Waals surface area contributed by atoms with Crippen molar-refractivity contribution >= 4 is 33.4 Å². The van der Waals surface area contributed by atoms with Crippen molar-refractivity contribution in [3.63, 3.8) is 0 Å². The van der Waals surface area contributed by atoms with Gasteiger partial charge in [-0.1, -0.05) is 0 Å². The summed E-state index contributed by atoms with van der Waals surface area (Å²) in [5, 5.41) is 0. The topological polar surface area (TPSA) is 42.9 Å². The second-order valence-electron chi connectivity index (χ2n) is 1.46. The molecule has 9 heavy (non-hydrogen) atoms. The Morgan fingerprint density at radius 2 is 2.33 bits per heavy atom. The van der Waals surface area contributed by atoms with Crippen LogP contribution in [0, 0.1) is 0 Å². The molecule has 0 amide bonds. The van der Waals surface area contributed by atoms with Crippen LogP contribution < -0.4 is 0 Å². The molecule has 0 saturated heterocycles. The van der Waals surface area contributed by atoms with Gasteiger partial charge >= 0.3 is 0 Å². The fourth-order valence-corrected chi connectivity index (χ4v) is 1.56. The smallest absolute Gasteiger partial charge is 0.182 e. The maximum absolute atomic E-state index is 10.6. The summed E-state index contributed by atoms with van der Waals surface area (Å²) in [5.41, 5.74) is 0.417. The first-order chi connectivity index (χ1) is 4.22. The van der Waals surface area contributed by atoms with Crippen molar-refractivity contribution in [1.29, 1.82) is 0 Å². The monoisotopic (exact) mass is 206 g/mol. The molecule has 48 valence electrons. The fraction of sp³-hybridized carbons (Fsp3) is 0.250. The van der Waals surface area contributed by atoms with Gasteiger partial charge in [-0.05, 0) is 15.9 Å². The van der Waals surface area contributed by atoms with Gasteiger partial charge in [0.15, 0.2) is 16.1 Å². The summed E-state index contributed by atoms with van der Waals surface area (Å²) < 4.78 is 8.06. The Labute approximate surface area is 64.6 Å². The van der Waals surface area contributed by atoms with Gasteiger partial charge in [0.2, 0.25) is 0 Å². The number of ketones is 1. The van der Waals surface area contributed by atoms with Crippen LogP contribution in [0.15, 0.2) is 4.60 Å². The van der Waals surface area contributed by atoms with E-state index in [4.69, 9.17) is 0 Å². The number of halogens is 1. The van der Waals surface area contributed by atoms with E-state index in [1.165, 1.54) is 6.92 Å². The minimum absolute atomic E-state index is 0.0596. The fourth-order valence-electron chi connectivity index (χ4n) is 0.388. The van der Waals surface area contributed by atoms with Gasteiger partial charge in [0, 0.05) is 6.92 Å². The Hall–Kier alpha value is -0.290. The van der Waals surface area contributed by atoms with Crippen LogP contribution >= 0.6 is 27.7 Å². The van der Waals surface area contributed by atoms with Crippen LogP contribution in [0.4, 0.5) is 0 Å². The van der Waals surface area contributed by atoms with Crippen molar-refractivity contribution in [2.24, 2.45) is 0 Å². The number of hydrogen-bond donors (Lipinski definition) is 0. The largest absolute Gasteiger partial charge is 0.293 e. The second kappa shape index (κ2) is 2.53. The lowest BCUT2D eigenvalue weighted by molar-refractivity contribution is 0.101. The predicted molar refractivity (Wildman–Crippen MR) is 37.6 cm³/mol. The predicted octanol–water partition coefficient (Wildman–Crippen LogP) is 1.50. The molecule has 0 saturated carbocycles. The Balaban J connectivity index is 3.08. The van der Waals surface area contributed by atoms with E-state index in [2.05, 4.69) is 24.7 Å². The summed E-state index contributed by atoms with van der Waals surface area (Å²) in [6.07, 6.45) is 0. The molecule has 0 aliphatic rings. The average molecular weight is 207 g/mol. The summed E-state index contributed by atoms with van der Waals surface area (Å²) in [6, 6.07) is 0. The maximum atomic E-state index is 10.6. The third kappa shape index (κ3) is 1.34. The van der Waals surface area contributed by atoms with E-state index < -0.39 is 0 Å². The second-order valence-corrected chi connectivity index (χ2v) is 2.74. The molecule has 0 aliphatic heterocycles. The zero-order valence-electron chi connectivity index (χ0n) is 4.59. The van der Waals surface area contributed by atoms with Crippen molar-refractivity contribution in [3.05, 3.63) is 10.3 Å². The number of rotatable bonds is 1. The number of nitrogens with zero attached hydrogens (tertiary/aromatic N) is 2. The first-order valence-electron chi connectivity index (χ1n) is 2.21. The van der Waals surface area contributed by atoms with Gasteiger partial charge in [0.05, 0.1) is 11.7 Å². The van der Waals surface area contributed by atoms with Gasteiger partial charge < -0.3 is 0 Å².